The summed E-state index contributed by atoms with van der Waals surface area (Å²) >= 11 is 0. The van der Waals surface area contributed by atoms with Gasteiger partial charge in [-0.05, 0) is 17.7 Å². The molecule has 8 nitrogen and oxygen atoms in total. The lowest BCUT2D eigenvalue weighted by Crippen LogP contribution is -2.43. The molecule has 0 amide bonds. The van der Waals surface area contributed by atoms with Crippen LogP contribution in [-0.4, -0.2) is 21.7 Å². The molecule has 0 radical (unpaired) electrons. The Labute approximate surface area is 106 Å². The zero-order valence-corrected chi connectivity index (χ0v) is 9.75. The molecule has 3 N–H and O–H groups in total. The number of nitrogens with one attached hydrogen (secondary N) is 1. The molecular formula is C11H10N4O4. The van der Waals surface area contributed by atoms with Crippen LogP contribution in [-0.2, 0) is 6.42 Å². The first-order chi connectivity index (χ1) is 9.15. The van der Waals surface area contributed by atoms with Gasteiger partial charge in [0.1, 0.15) is 5.69 Å². The molecule has 98 valence electrons. The lowest BCUT2D eigenvalue weighted by Gasteiger charge is -2.03. The van der Waals surface area contributed by atoms with Crippen LogP contribution in [0.5, 0.6) is 11.5 Å². The SMILES string of the molecule is Nn1c(=O)[nH]nc(Cc2ccc3c(c2)OCO3)c1=O. The highest BCUT2D eigenvalue weighted by atomic mass is 16.7. The molecule has 19 heavy (non-hydrogen) atoms. The van der Waals surface area contributed by atoms with Gasteiger partial charge in [-0.2, -0.15) is 9.77 Å². The number of hydrogen-bond acceptors (Lipinski definition) is 6. The Balaban J connectivity index is 1.96. The molecule has 0 unspecified atom stereocenters. The summed E-state index contributed by atoms with van der Waals surface area (Å²) in [6, 6.07) is 5.31. The summed E-state index contributed by atoms with van der Waals surface area (Å²) in [5, 5.41) is 5.86. The molecule has 0 atom stereocenters. The minimum Gasteiger partial charge on any atom is -0.454 e. The number of nitrogens with two attached hydrogens (primary N) is 1. The molecule has 2 aromatic rings. The average Bonchev–Trinajstić information content (AvgIpc) is 2.87. The summed E-state index contributed by atoms with van der Waals surface area (Å²) in [5.41, 5.74) is -0.414. The van der Waals surface area contributed by atoms with E-state index in [2.05, 4.69) is 10.2 Å². The molecule has 1 aliphatic rings. The van der Waals surface area contributed by atoms with E-state index in [0.717, 1.165) is 5.56 Å². The summed E-state index contributed by atoms with van der Waals surface area (Å²) in [6.45, 7) is 0.186. The fourth-order valence-corrected chi connectivity index (χ4v) is 1.81. The first-order valence-corrected chi connectivity index (χ1v) is 5.49. The number of aromatic nitrogens is 3. The minimum absolute atomic E-state index is 0.154. The summed E-state index contributed by atoms with van der Waals surface area (Å²) in [5.74, 6) is 6.58. The van der Waals surface area contributed by atoms with Gasteiger partial charge in [0.25, 0.3) is 5.56 Å². The molecule has 1 aliphatic heterocycles. The number of nitrogens with zero attached hydrogens (tertiary/aromatic N) is 2. The van der Waals surface area contributed by atoms with Crippen LogP contribution in [0, 0.1) is 0 Å². The van der Waals surface area contributed by atoms with Gasteiger partial charge in [-0.1, -0.05) is 6.07 Å². The van der Waals surface area contributed by atoms with E-state index in [-0.39, 0.29) is 18.9 Å². The fourth-order valence-electron chi connectivity index (χ4n) is 1.81. The van der Waals surface area contributed by atoms with E-state index in [4.69, 9.17) is 15.3 Å². The number of nitrogen functional groups attached to an aromatic ring is 1. The van der Waals surface area contributed by atoms with Crippen LogP contribution in [0.3, 0.4) is 0 Å². The van der Waals surface area contributed by atoms with Crippen molar-refractivity contribution in [3.05, 3.63) is 50.3 Å². The van der Waals surface area contributed by atoms with Crippen LogP contribution in [0.4, 0.5) is 0 Å². The first-order valence-electron chi connectivity index (χ1n) is 5.49. The number of aromatic amines is 1. The van der Waals surface area contributed by atoms with E-state index < -0.39 is 11.2 Å². The maximum absolute atomic E-state index is 11.7. The molecule has 0 bridgehead atoms. The van der Waals surface area contributed by atoms with E-state index >= 15 is 0 Å². The molecule has 8 heteroatoms. The van der Waals surface area contributed by atoms with Crippen molar-refractivity contribution in [3.8, 4) is 11.5 Å². The van der Waals surface area contributed by atoms with Gasteiger partial charge in [0.15, 0.2) is 11.5 Å². The maximum atomic E-state index is 11.7. The molecule has 0 fully saturated rings. The van der Waals surface area contributed by atoms with Crippen molar-refractivity contribution in [1.29, 1.82) is 0 Å². The van der Waals surface area contributed by atoms with Crippen molar-refractivity contribution in [2.24, 2.45) is 0 Å². The fraction of sp³-hybridized carbons (Fsp3) is 0.182. The zero-order valence-electron chi connectivity index (χ0n) is 9.75. The van der Waals surface area contributed by atoms with Crippen LogP contribution < -0.4 is 26.6 Å². The summed E-state index contributed by atoms with van der Waals surface area (Å²) in [7, 11) is 0. The predicted molar refractivity (Wildman–Crippen MR) is 64.6 cm³/mol. The summed E-state index contributed by atoms with van der Waals surface area (Å²) in [6.07, 6.45) is 0.240. The molecule has 1 aromatic carbocycles. The van der Waals surface area contributed by atoms with Crippen molar-refractivity contribution in [3.63, 3.8) is 0 Å². The van der Waals surface area contributed by atoms with Crippen molar-refractivity contribution in [2.45, 2.75) is 6.42 Å². The number of ether oxygens (including phenoxy) is 2. The second-order valence-electron chi connectivity index (χ2n) is 4.01. The summed E-state index contributed by atoms with van der Waals surface area (Å²) in [4.78, 5) is 22.8. The van der Waals surface area contributed by atoms with Gasteiger partial charge >= 0.3 is 5.69 Å². The molecule has 0 aliphatic carbocycles. The molecule has 1 aromatic heterocycles. The number of rotatable bonds is 2. The van der Waals surface area contributed by atoms with Crippen LogP contribution in [0.25, 0.3) is 0 Å². The normalized spacial score (nSPS) is 12.6. The number of H-pyrrole nitrogens is 1. The lowest BCUT2D eigenvalue weighted by atomic mass is 10.1. The molecule has 3 rings (SSSR count). The van der Waals surface area contributed by atoms with Crippen molar-refractivity contribution < 1.29 is 9.47 Å². The largest absolute Gasteiger partial charge is 0.454 e. The van der Waals surface area contributed by atoms with Crippen molar-refractivity contribution in [1.82, 2.24) is 14.9 Å². The minimum atomic E-state index is -0.751. The quantitative estimate of drug-likeness (QED) is 0.669. The van der Waals surface area contributed by atoms with E-state index in [1.165, 1.54) is 0 Å². The van der Waals surface area contributed by atoms with E-state index in [1.807, 2.05) is 0 Å². The van der Waals surface area contributed by atoms with Gasteiger partial charge in [0, 0.05) is 6.42 Å². The number of benzene rings is 1. The standard InChI is InChI=1S/C11H10N4O4/c12-15-10(16)7(13-14-11(15)17)3-6-1-2-8-9(4-6)19-5-18-8/h1-2,4H,3,5,12H2,(H,14,17). The topological polar surface area (TPSA) is 112 Å². The van der Waals surface area contributed by atoms with E-state index in [1.54, 1.807) is 18.2 Å². The molecular weight excluding hydrogens is 252 g/mol. The van der Waals surface area contributed by atoms with Gasteiger partial charge in [-0.15, -0.1) is 0 Å². The zero-order chi connectivity index (χ0) is 13.4. The average molecular weight is 262 g/mol. The Morgan fingerprint density at radius 2 is 2.11 bits per heavy atom. The smallest absolute Gasteiger partial charge is 0.363 e. The maximum Gasteiger partial charge on any atom is 0.363 e. The van der Waals surface area contributed by atoms with Crippen LogP contribution in [0.1, 0.15) is 11.3 Å². The van der Waals surface area contributed by atoms with Gasteiger partial charge in [-0.25, -0.2) is 9.89 Å². The first kappa shape index (κ1) is 11.3. The Bertz CT molecular complexity index is 749. The van der Waals surface area contributed by atoms with E-state index in [9.17, 15) is 9.59 Å². The van der Waals surface area contributed by atoms with Crippen LogP contribution >= 0.6 is 0 Å². The van der Waals surface area contributed by atoms with Gasteiger partial charge in [-0.3, -0.25) is 4.79 Å². The Morgan fingerprint density at radius 3 is 2.95 bits per heavy atom. The highest BCUT2D eigenvalue weighted by Gasteiger charge is 2.15. The second kappa shape index (κ2) is 4.16. The van der Waals surface area contributed by atoms with Crippen molar-refractivity contribution in [2.75, 3.05) is 12.6 Å². The van der Waals surface area contributed by atoms with Crippen LogP contribution in [0.15, 0.2) is 27.8 Å². The number of fused-ring (bicyclic) bond motifs is 1. The van der Waals surface area contributed by atoms with Crippen LogP contribution in [0.2, 0.25) is 0 Å². The lowest BCUT2D eigenvalue weighted by molar-refractivity contribution is 0.174. The predicted octanol–water partition coefficient (Wildman–Crippen LogP) is -1.04. The Hall–Kier alpha value is -2.77. The summed E-state index contributed by atoms with van der Waals surface area (Å²) < 4.78 is 10.9. The van der Waals surface area contributed by atoms with Gasteiger partial charge in [0.2, 0.25) is 6.79 Å². The van der Waals surface area contributed by atoms with E-state index in [0.29, 0.717) is 16.2 Å². The third kappa shape index (κ3) is 1.92. The highest BCUT2D eigenvalue weighted by molar-refractivity contribution is 5.45. The third-order valence-corrected chi connectivity index (χ3v) is 2.78. The second-order valence-corrected chi connectivity index (χ2v) is 4.01. The Morgan fingerprint density at radius 1 is 1.32 bits per heavy atom. The monoisotopic (exact) mass is 262 g/mol. The Kier molecular flexibility index (Phi) is 2.48. The molecule has 2 heterocycles. The molecule has 0 saturated carbocycles. The highest BCUT2D eigenvalue weighted by Crippen LogP contribution is 2.32. The number of hydrogen-bond donors (Lipinski definition) is 2. The molecule has 0 saturated heterocycles. The van der Waals surface area contributed by atoms with Gasteiger partial charge < -0.3 is 15.3 Å². The van der Waals surface area contributed by atoms with Gasteiger partial charge in [0.05, 0.1) is 0 Å². The third-order valence-electron chi connectivity index (χ3n) is 2.78. The molecule has 0 spiro atoms. The van der Waals surface area contributed by atoms with Crippen molar-refractivity contribution >= 4 is 0 Å².